The number of ether oxygens (including phenoxy) is 2. The van der Waals surface area contributed by atoms with Crippen molar-refractivity contribution in [3.05, 3.63) is 33.3 Å². The number of epoxide rings is 1. The van der Waals surface area contributed by atoms with Gasteiger partial charge in [0.05, 0.1) is 11.5 Å². The number of nitrogens with zero attached hydrogens (tertiary/aromatic N) is 1. The van der Waals surface area contributed by atoms with Crippen LogP contribution in [0.2, 0.25) is 5.02 Å². The lowest BCUT2D eigenvalue weighted by Gasteiger charge is -2.04. The van der Waals surface area contributed by atoms with Crippen LogP contribution in [0.25, 0.3) is 0 Å². The molecule has 1 fully saturated rings. The molecular formula is C9H8ClNO4. The Kier molecular flexibility index (Phi) is 2.75. The highest BCUT2D eigenvalue weighted by Crippen LogP contribution is 2.28. The summed E-state index contributed by atoms with van der Waals surface area (Å²) in [5.41, 5.74) is -0.119. The van der Waals surface area contributed by atoms with E-state index in [0.29, 0.717) is 19.0 Å². The zero-order valence-corrected chi connectivity index (χ0v) is 8.44. The van der Waals surface area contributed by atoms with E-state index in [1.54, 1.807) is 0 Å². The molecule has 2 rings (SSSR count). The third-order valence-electron chi connectivity index (χ3n) is 1.95. The van der Waals surface area contributed by atoms with Gasteiger partial charge in [0.1, 0.15) is 23.5 Å². The van der Waals surface area contributed by atoms with Gasteiger partial charge in [0.2, 0.25) is 0 Å². The molecule has 0 aromatic heterocycles. The molecule has 0 aliphatic carbocycles. The SMILES string of the molecule is O=[N+]([O-])c1ccc(OCC2CO2)cc1Cl. The quantitative estimate of drug-likeness (QED) is 0.450. The third-order valence-corrected chi connectivity index (χ3v) is 2.26. The van der Waals surface area contributed by atoms with Crippen LogP contribution in [0.3, 0.4) is 0 Å². The van der Waals surface area contributed by atoms with Crippen LogP contribution in [-0.2, 0) is 4.74 Å². The van der Waals surface area contributed by atoms with E-state index in [1.165, 1.54) is 18.2 Å². The minimum Gasteiger partial charge on any atom is -0.491 e. The van der Waals surface area contributed by atoms with Crippen molar-refractivity contribution in [2.45, 2.75) is 6.10 Å². The van der Waals surface area contributed by atoms with E-state index in [9.17, 15) is 10.1 Å². The molecule has 1 aromatic rings. The van der Waals surface area contributed by atoms with Crippen LogP contribution >= 0.6 is 11.6 Å². The van der Waals surface area contributed by atoms with Gasteiger partial charge >= 0.3 is 0 Å². The fourth-order valence-corrected chi connectivity index (χ4v) is 1.32. The summed E-state index contributed by atoms with van der Waals surface area (Å²) in [6, 6.07) is 4.28. The van der Waals surface area contributed by atoms with E-state index in [0.717, 1.165) is 0 Å². The standard InChI is InChI=1S/C9H8ClNO4/c10-8-3-6(14-4-7-5-15-7)1-2-9(8)11(12)13/h1-3,7H,4-5H2. The Morgan fingerprint density at radius 2 is 2.40 bits per heavy atom. The van der Waals surface area contributed by atoms with Crippen molar-refractivity contribution < 1.29 is 14.4 Å². The van der Waals surface area contributed by atoms with E-state index in [2.05, 4.69) is 0 Å². The van der Waals surface area contributed by atoms with Crippen LogP contribution in [0.5, 0.6) is 5.75 Å². The first kappa shape index (κ1) is 10.2. The number of hydrogen-bond donors (Lipinski definition) is 0. The average Bonchev–Trinajstić information content (AvgIpc) is 2.97. The zero-order valence-electron chi connectivity index (χ0n) is 7.68. The third kappa shape index (κ3) is 2.57. The number of halogens is 1. The summed E-state index contributed by atoms with van der Waals surface area (Å²) < 4.78 is 10.3. The Balaban J connectivity index is 2.06. The fourth-order valence-electron chi connectivity index (χ4n) is 1.08. The molecule has 1 aliphatic heterocycles. The highest BCUT2D eigenvalue weighted by molar-refractivity contribution is 6.32. The lowest BCUT2D eigenvalue weighted by molar-refractivity contribution is -0.384. The fraction of sp³-hybridized carbons (Fsp3) is 0.333. The Morgan fingerprint density at radius 3 is 2.93 bits per heavy atom. The molecule has 15 heavy (non-hydrogen) atoms. The summed E-state index contributed by atoms with van der Waals surface area (Å²) in [4.78, 5) is 9.94. The smallest absolute Gasteiger partial charge is 0.288 e. The normalized spacial score (nSPS) is 18.6. The Morgan fingerprint density at radius 1 is 1.67 bits per heavy atom. The van der Waals surface area contributed by atoms with Crippen LogP contribution in [0.1, 0.15) is 0 Å². The van der Waals surface area contributed by atoms with Gasteiger partial charge in [-0.1, -0.05) is 11.6 Å². The van der Waals surface area contributed by atoms with Gasteiger partial charge in [-0.3, -0.25) is 10.1 Å². The largest absolute Gasteiger partial charge is 0.491 e. The minimum atomic E-state index is -0.532. The van der Waals surface area contributed by atoms with Crippen molar-refractivity contribution in [3.8, 4) is 5.75 Å². The summed E-state index contributed by atoms with van der Waals surface area (Å²) in [5.74, 6) is 0.515. The summed E-state index contributed by atoms with van der Waals surface area (Å²) in [7, 11) is 0. The summed E-state index contributed by atoms with van der Waals surface area (Å²) in [5, 5.41) is 10.5. The molecule has 0 radical (unpaired) electrons. The highest BCUT2D eigenvalue weighted by Gasteiger charge is 2.23. The molecule has 80 valence electrons. The maximum absolute atomic E-state index is 10.5. The molecule has 1 unspecified atom stereocenters. The molecule has 0 spiro atoms. The maximum atomic E-state index is 10.5. The van der Waals surface area contributed by atoms with Gasteiger partial charge in [0.15, 0.2) is 0 Å². The van der Waals surface area contributed by atoms with Gasteiger partial charge in [-0.15, -0.1) is 0 Å². The molecule has 1 heterocycles. The number of rotatable bonds is 4. The molecule has 6 heteroatoms. The molecule has 0 N–H and O–H groups in total. The number of nitro groups is 1. The van der Waals surface area contributed by atoms with Crippen molar-refractivity contribution in [1.29, 1.82) is 0 Å². The maximum Gasteiger partial charge on any atom is 0.288 e. The Bertz CT molecular complexity index is 392. The van der Waals surface area contributed by atoms with Crippen molar-refractivity contribution in [2.75, 3.05) is 13.2 Å². The van der Waals surface area contributed by atoms with Crippen LogP contribution in [0.15, 0.2) is 18.2 Å². The molecule has 1 aliphatic rings. The second-order valence-corrected chi connectivity index (χ2v) is 3.54. The molecule has 0 bridgehead atoms. The number of hydrogen-bond acceptors (Lipinski definition) is 4. The summed E-state index contributed by atoms with van der Waals surface area (Å²) in [6.45, 7) is 1.16. The van der Waals surface area contributed by atoms with E-state index in [4.69, 9.17) is 21.1 Å². The summed E-state index contributed by atoms with van der Waals surface area (Å²) >= 11 is 5.70. The van der Waals surface area contributed by atoms with Gasteiger partial charge in [0.25, 0.3) is 5.69 Å². The predicted molar refractivity (Wildman–Crippen MR) is 53.3 cm³/mol. The van der Waals surface area contributed by atoms with Gasteiger partial charge < -0.3 is 9.47 Å². The highest BCUT2D eigenvalue weighted by atomic mass is 35.5. The van der Waals surface area contributed by atoms with Crippen LogP contribution in [0, 0.1) is 10.1 Å². The monoisotopic (exact) mass is 229 g/mol. The van der Waals surface area contributed by atoms with Crippen LogP contribution in [0.4, 0.5) is 5.69 Å². The Labute approximate surface area is 90.7 Å². The first-order chi connectivity index (χ1) is 7.16. The topological polar surface area (TPSA) is 64.9 Å². The molecule has 0 amide bonds. The van der Waals surface area contributed by atoms with Gasteiger partial charge in [-0.2, -0.15) is 0 Å². The van der Waals surface area contributed by atoms with Crippen LogP contribution < -0.4 is 4.74 Å². The zero-order chi connectivity index (χ0) is 10.8. The van der Waals surface area contributed by atoms with E-state index >= 15 is 0 Å². The van der Waals surface area contributed by atoms with Crippen molar-refractivity contribution in [1.82, 2.24) is 0 Å². The molecule has 0 saturated carbocycles. The van der Waals surface area contributed by atoms with Crippen molar-refractivity contribution in [3.63, 3.8) is 0 Å². The van der Waals surface area contributed by atoms with Crippen molar-refractivity contribution in [2.24, 2.45) is 0 Å². The van der Waals surface area contributed by atoms with Gasteiger partial charge in [0, 0.05) is 12.1 Å². The lowest BCUT2D eigenvalue weighted by Crippen LogP contribution is -2.04. The minimum absolute atomic E-state index is 0.0780. The average molecular weight is 230 g/mol. The predicted octanol–water partition coefficient (Wildman–Crippen LogP) is 2.03. The van der Waals surface area contributed by atoms with Crippen molar-refractivity contribution >= 4 is 17.3 Å². The second-order valence-electron chi connectivity index (χ2n) is 3.14. The Hall–Kier alpha value is -1.33. The molecule has 1 atom stereocenters. The van der Waals surface area contributed by atoms with E-state index in [-0.39, 0.29) is 16.8 Å². The van der Waals surface area contributed by atoms with E-state index < -0.39 is 4.92 Å². The van der Waals surface area contributed by atoms with Gasteiger partial charge in [-0.05, 0) is 6.07 Å². The molecule has 5 nitrogen and oxygen atoms in total. The van der Waals surface area contributed by atoms with E-state index in [1.807, 2.05) is 0 Å². The number of nitro benzene ring substituents is 1. The lowest BCUT2D eigenvalue weighted by atomic mass is 10.3. The second kappa shape index (κ2) is 4.04. The van der Waals surface area contributed by atoms with Gasteiger partial charge in [-0.25, -0.2) is 0 Å². The first-order valence-corrected chi connectivity index (χ1v) is 4.73. The molecule has 1 saturated heterocycles. The molecule has 1 aromatic carbocycles. The number of benzene rings is 1. The first-order valence-electron chi connectivity index (χ1n) is 4.35. The van der Waals surface area contributed by atoms with Crippen LogP contribution in [-0.4, -0.2) is 24.2 Å². The summed E-state index contributed by atoms with van der Waals surface area (Å²) in [6.07, 6.45) is 0.152. The molecular weight excluding hydrogens is 222 g/mol.